The number of carboxylic acid groups (broad SMARTS) is 2. The molecule has 456 valence electrons. The molecule has 8 aliphatic heterocycles. The first-order valence-corrected chi connectivity index (χ1v) is 33.5. The van der Waals surface area contributed by atoms with Crippen molar-refractivity contribution in [2.45, 2.75) is 252 Å². The van der Waals surface area contributed by atoms with Crippen LogP contribution >= 0.6 is 47.0 Å². The van der Waals surface area contributed by atoms with Crippen molar-refractivity contribution in [3.8, 4) is 0 Å². The summed E-state index contributed by atoms with van der Waals surface area (Å²) in [6.45, 7) is 21.2. The molecule has 0 radical (unpaired) electrons. The maximum Gasteiger partial charge on any atom is 1.00 e. The standard InChI is InChI=1S/2C14H24O4S.2C10H18O3S.2C4H8O2/c2*1-3-5-7-19-11-9-17-13-10(8-16-14(11)13)18-12(15)6-4-2;2*1-2-3-4-14-8-6-13-9-7(11)5-12-10(8)9;2*1-2-3-4(5)6/h2*10-11,13-14H,3-9H2,1-2H3;2*7-11H,2-6H2,1H3;2*2-3H2,1H3,(H,5,6)/p+2/t10-,11-,13+,14+;10-,11-,13-,14-;7-,8-,9+,10+;7-,8-,9-,10-;;/m0101../s1. The van der Waals surface area contributed by atoms with Gasteiger partial charge in [-0.3, -0.25) is 19.2 Å². The molecule has 0 aliphatic carbocycles. The van der Waals surface area contributed by atoms with Gasteiger partial charge < -0.3 is 67.8 Å². The third kappa shape index (κ3) is 25.4. The lowest BCUT2D eigenvalue weighted by atomic mass is 10.1. The second kappa shape index (κ2) is 41.8. The number of ether oxygens (including phenoxy) is 10. The zero-order chi connectivity index (χ0) is 57.2. The molecular weight excluding hydrogens is 1090 g/mol. The summed E-state index contributed by atoms with van der Waals surface area (Å²) in [5, 5.41) is 36.5. The Kier molecular flexibility index (Phi) is 38.1. The smallest absolute Gasteiger partial charge is 0.481 e. The van der Waals surface area contributed by atoms with E-state index in [0.29, 0.717) is 86.3 Å². The van der Waals surface area contributed by atoms with E-state index in [1.807, 2.05) is 74.7 Å². The molecule has 0 aromatic heterocycles. The first-order chi connectivity index (χ1) is 37.7. The molecule has 0 saturated carbocycles. The molecule has 78 heavy (non-hydrogen) atoms. The highest BCUT2D eigenvalue weighted by Gasteiger charge is 2.51. The highest BCUT2D eigenvalue weighted by atomic mass is 32.2. The van der Waals surface area contributed by atoms with Gasteiger partial charge in [0.25, 0.3) is 0 Å². The van der Waals surface area contributed by atoms with Crippen LogP contribution in [0.2, 0.25) is 0 Å². The predicted molar refractivity (Wildman–Crippen MR) is 311 cm³/mol. The van der Waals surface area contributed by atoms with Crippen LogP contribution in [0.3, 0.4) is 0 Å². The molecule has 8 rings (SSSR count). The Balaban J connectivity index is 0.000000498. The Labute approximate surface area is 486 Å². The summed E-state index contributed by atoms with van der Waals surface area (Å²) >= 11 is 7.70. The fourth-order valence-electron chi connectivity index (χ4n) is 9.33. The van der Waals surface area contributed by atoms with Crippen LogP contribution in [0, 0.1) is 0 Å². The summed E-state index contributed by atoms with van der Waals surface area (Å²) in [5.41, 5.74) is 0. The third-order valence-corrected chi connectivity index (χ3v) is 19.0. The van der Waals surface area contributed by atoms with Gasteiger partial charge in [-0.1, -0.05) is 81.1 Å². The van der Waals surface area contributed by atoms with Crippen LogP contribution in [-0.4, -0.2) is 214 Å². The van der Waals surface area contributed by atoms with E-state index in [0.717, 1.165) is 50.4 Å². The number of fused-ring (bicyclic) bond motifs is 4. The van der Waals surface area contributed by atoms with Crippen LogP contribution in [0.15, 0.2) is 0 Å². The molecule has 0 aromatic rings. The largest absolute Gasteiger partial charge is 1.00 e. The van der Waals surface area contributed by atoms with Crippen molar-refractivity contribution >= 4 is 70.9 Å². The van der Waals surface area contributed by atoms with Gasteiger partial charge in [-0.25, -0.2) is 0 Å². The number of aliphatic hydroxyl groups excluding tert-OH is 2. The van der Waals surface area contributed by atoms with Crippen LogP contribution in [0.1, 0.15) is 161 Å². The molecule has 0 amide bonds. The number of carboxylic acids is 2. The molecule has 8 fully saturated rings. The van der Waals surface area contributed by atoms with Crippen LogP contribution in [-0.2, 0) is 66.5 Å². The Morgan fingerprint density at radius 3 is 0.885 bits per heavy atom. The Morgan fingerprint density at radius 2 is 0.628 bits per heavy atom. The average molecular weight is 1190 g/mol. The highest BCUT2D eigenvalue weighted by Crippen LogP contribution is 2.38. The summed E-state index contributed by atoms with van der Waals surface area (Å²) in [5.74, 6) is 2.95. The summed E-state index contributed by atoms with van der Waals surface area (Å²) in [6, 6.07) is 0. The number of thioether (sulfide) groups is 4. The normalized spacial score (nSPS) is 32.4. The van der Waals surface area contributed by atoms with E-state index in [1.54, 1.807) is 0 Å². The Bertz CT molecular complexity index is 1520. The molecule has 8 heterocycles. The van der Waals surface area contributed by atoms with Crippen LogP contribution in [0.5, 0.6) is 0 Å². The zero-order valence-electron chi connectivity index (χ0n) is 50.2. The fourth-order valence-corrected chi connectivity index (χ4v) is 14.8. The lowest BCUT2D eigenvalue weighted by molar-refractivity contribution is -0.154. The number of aliphatic carboxylic acids is 2. The van der Waals surface area contributed by atoms with Crippen molar-refractivity contribution in [3.05, 3.63) is 0 Å². The zero-order valence-corrected chi connectivity index (χ0v) is 51.4. The number of carbonyl (C=O) groups excluding carboxylic acids is 2. The minimum Gasteiger partial charge on any atom is -0.481 e. The molecule has 18 nitrogen and oxygen atoms in total. The van der Waals surface area contributed by atoms with Crippen molar-refractivity contribution in [2.24, 2.45) is 0 Å². The second-order valence-electron chi connectivity index (χ2n) is 20.4. The molecule has 0 unspecified atom stereocenters. The van der Waals surface area contributed by atoms with Crippen molar-refractivity contribution in [2.75, 3.05) is 75.9 Å². The van der Waals surface area contributed by atoms with Gasteiger partial charge in [-0.2, -0.15) is 47.0 Å². The number of aliphatic hydroxyl groups is 2. The number of hydrogen-bond donors (Lipinski definition) is 4. The molecule has 0 bridgehead atoms. The van der Waals surface area contributed by atoms with E-state index in [4.69, 9.17) is 57.6 Å². The van der Waals surface area contributed by atoms with Crippen LogP contribution in [0.4, 0.5) is 0 Å². The summed E-state index contributed by atoms with van der Waals surface area (Å²) < 4.78 is 56.2. The second-order valence-corrected chi connectivity index (χ2v) is 25.8. The number of hydrogen-bond acceptors (Lipinski definition) is 20. The lowest BCUT2D eigenvalue weighted by Gasteiger charge is -2.16. The molecule has 8 aliphatic rings. The van der Waals surface area contributed by atoms with Gasteiger partial charge >= 0.3 is 26.7 Å². The van der Waals surface area contributed by atoms with Crippen molar-refractivity contribution in [1.82, 2.24) is 0 Å². The van der Waals surface area contributed by atoms with E-state index in [2.05, 4.69) is 27.7 Å². The van der Waals surface area contributed by atoms with E-state index in [9.17, 15) is 29.4 Å². The van der Waals surface area contributed by atoms with Crippen molar-refractivity contribution in [1.29, 1.82) is 0 Å². The summed E-state index contributed by atoms with van der Waals surface area (Å²) in [7, 11) is 0. The van der Waals surface area contributed by atoms with E-state index >= 15 is 0 Å². The van der Waals surface area contributed by atoms with Gasteiger partial charge in [-0.15, -0.1) is 0 Å². The summed E-state index contributed by atoms with van der Waals surface area (Å²) in [6.07, 6.45) is 13.5. The molecule has 4 N–H and O–H groups in total. The van der Waals surface area contributed by atoms with Crippen molar-refractivity contribution in [3.63, 3.8) is 0 Å². The number of rotatable bonds is 26. The predicted octanol–water partition coefficient (Wildman–Crippen LogP) is 8.86. The monoisotopic (exact) mass is 1190 g/mol. The van der Waals surface area contributed by atoms with E-state index in [-0.39, 0.29) is 75.8 Å². The summed E-state index contributed by atoms with van der Waals surface area (Å²) in [4.78, 5) is 42.3. The van der Waals surface area contributed by atoms with E-state index in [1.165, 1.54) is 62.9 Å². The average Bonchev–Trinajstić information content (AvgIpc) is 4.29. The molecule has 16 atom stereocenters. The SMILES string of the molecule is CCCC(=O)O.CCCC(=O)O.CCCCS[C@@H]1CO[C@H]2[C@@H]1OC[C@H]2O.CCCCS[C@@H]1CO[C@H]2[C@@H]1OC[C@H]2OC(=O)CCC.CCCCS[C@H]1CO[C@H]2[C@@H]1OC[C@@H]2O.CCCCS[C@H]1CO[C@H]2[C@@H]1OC[C@@H]2OC(=O)CCC.[H+].[H+]. The molecular formula is C56H102O18S4+2. The quantitative estimate of drug-likeness (QED) is 0.0467. The third-order valence-electron chi connectivity index (χ3n) is 13.6. The Morgan fingerprint density at radius 1 is 0.372 bits per heavy atom. The topological polar surface area (TPSA) is 241 Å². The van der Waals surface area contributed by atoms with E-state index < -0.39 is 24.1 Å². The van der Waals surface area contributed by atoms with Crippen LogP contribution < -0.4 is 0 Å². The molecule has 8 saturated heterocycles. The van der Waals surface area contributed by atoms with Gasteiger partial charge in [0, 0.05) is 25.7 Å². The number of carbonyl (C=O) groups is 4. The molecule has 22 heteroatoms. The first-order valence-electron chi connectivity index (χ1n) is 29.3. The maximum absolute atomic E-state index is 11.5. The number of esters is 2. The number of unbranched alkanes of at least 4 members (excludes halogenated alkanes) is 4. The van der Waals surface area contributed by atoms with Crippen molar-refractivity contribution < 1.29 is 89.8 Å². The highest BCUT2D eigenvalue weighted by molar-refractivity contribution is 8.00. The van der Waals surface area contributed by atoms with Gasteiger partial charge in [0.15, 0.2) is 12.2 Å². The first kappa shape index (κ1) is 71.1. The minimum absolute atomic E-state index is 0. The fraction of sp³-hybridized carbons (Fsp3) is 0.929. The van der Waals surface area contributed by atoms with Gasteiger partial charge in [-0.05, 0) is 74.4 Å². The van der Waals surface area contributed by atoms with Crippen LogP contribution in [0.25, 0.3) is 0 Å². The Hall–Kier alpha value is -1.12. The van der Waals surface area contributed by atoms with Gasteiger partial charge in [0.2, 0.25) is 0 Å². The minimum atomic E-state index is -0.711. The van der Waals surface area contributed by atoms with Gasteiger partial charge in [0.1, 0.15) is 61.0 Å². The molecule has 0 aromatic carbocycles. The molecule has 0 spiro atoms. The van der Waals surface area contributed by atoms with Gasteiger partial charge in [0.05, 0.1) is 73.9 Å². The lowest BCUT2D eigenvalue weighted by Crippen LogP contribution is -2.33. The maximum atomic E-state index is 11.5.